The number of carbonyl (C=O) groups excluding carboxylic acids is 1. The lowest BCUT2D eigenvalue weighted by atomic mass is 10.0. The third-order valence-electron chi connectivity index (χ3n) is 7.44. The summed E-state index contributed by atoms with van der Waals surface area (Å²) in [6, 6.07) is 13.0. The summed E-state index contributed by atoms with van der Waals surface area (Å²) in [6.45, 7) is 10.2. The molecule has 2 aromatic carbocycles. The summed E-state index contributed by atoms with van der Waals surface area (Å²) in [5, 5.41) is 3.30. The first-order valence-electron chi connectivity index (χ1n) is 12.2. The minimum atomic E-state index is 0.0166. The molecule has 0 spiro atoms. The van der Waals surface area contributed by atoms with Crippen molar-refractivity contribution in [3.05, 3.63) is 69.1 Å². The van der Waals surface area contributed by atoms with Gasteiger partial charge >= 0.3 is 0 Å². The first kappa shape index (κ1) is 22.2. The SMILES string of the molecule is CC(=O)N1Cc2sc3ncn(CCN4CCN(c5c(C)ccc6ccccc56)CC4)c(=O)c3c2C1. The van der Waals surface area contributed by atoms with E-state index < -0.39 is 0 Å². The van der Waals surface area contributed by atoms with Crippen molar-refractivity contribution >= 4 is 43.9 Å². The van der Waals surface area contributed by atoms with Crippen LogP contribution in [0.3, 0.4) is 0 Å². The highest BCUT2D eigenvalue weighted by Crippen LogP contribution is 2.35. The van der Waals surface area contributed by atoms with Crippen molar-refractivity contribution in [2.75, 3.05) is 37.6 Å². The normalized spacial score (nSPS) is 16.4. The molecule has 2 aromatic heterocycles. The van der Waals surface area contributed by atoms with E-state index in [2.05, 4.69) is 58.1 Å². The van der Waals surface area contributed by atoms with E-state index in [0.29, 0.717) is 25.0 Å². The van der Waals surface area contributed by atoms with Crippen molar-refractivity contribution in [1.82, 2.24) is 19.4 Å². The maximum Gasteiger partial charge on any atom is 0.262 e. The number of hydrogen-bond donors (Lipinski definition) is 0. The standard InChI is InChI=1S/C27H29N5O2S/c1-18-7-8-20-5-3-4-6-21(20)25(18)30-12-9-29(10-13-30)11-14-31-17-28-26-24(27(31)34)22-15-32(19(2)33)16-23(22)35-26/h3-8,17H,9-16H2,1-2H3. The average molecular weight is 488 g/mol. The van der Waals surface area contributed by atoms with Gasteiger partial charge in [-0.3, -0.25) is 19.1 Å². The Labute approximate surface area is 208 Å². The molecule has 4 heterocycles. The van der Waals surface area contributed by atoms with Gasteiger partial charge in [0, 0.05) is 74.3 Å². The van der Waals surface area contributed by atoms with Crippen LogP contribution in [-0.4, -0.2) is 58.0 Å². The number of aryl methyl sites for hydroxylation is 1. The van der Waals surface area contributed by atoms with Gasteiger partial charge in [0.15, 0.2) is 0 Å². The number of nitrogens with zero attached hydrogens (tertiary/aromatic N) is 5. The second-order valence-electron chi connectivity index (χ2n) is 9.58. The molecule has 180 valence electrons. The molecule has 8 heteroatoms. The van der Waals surface area contributed by atoms with Crippen LogP contribution in [0.2, 0.25) is 0 Å². The smallest absolute Gasteiger partial charge is 0.262 e. The first-order chi connectivity index (χ1) is 17.0. The molecule has 0 bridgehead atoms. The van der Waals surface area contributed by atoms with E-state index in [-0.39, 0.29) is 11.5 Å². The van der Waals surface area contributed by atoms with Gasteiger partial charge in [0.1, 0.15) is 4.83 Å². The minimum Gasteiger partial charge on any atom is -0.368 e. The molecule has 35 heavy (non-hydrogen) atoms. The Morgan fingerprint density at radius 2 is 1.83 bits per heavy atom. The summed E-state index contributed by atoms with van der Waals surface area (Å²) < 4.78 is 1.74. The molecule has 0 unspecified atom stereocenters. The summed E-state index contributed by atoms with van der Waals surface area (Å²) >= 11 is 1.54. The van der Waals surface area contributed by atoms with Gasteiger partial charge in [-0.1, -0.05) is 36.4 Å². The topological polar surface area (TPSA) is 61.7 Å². The van der Waals surface area contributed by atoms with E-state index >= 15 is 0 Å². The van der Waals surface area contributed by atoms with E-state index in [9.17, 15) is 9.59 Å². The number of hydrogen-bond acceptors (Lipinski definition) is 6. The van der Waals surface area contributed by atoms with E-state index in [4.69, 9.17) is 0 Å². The summed E-state index contributed by atoms with van der Waals surface area (Å²) in [7, 11) is 0. The lowest BCUT2D eigenvalue weighted by Crippen LogP contribution is -2.47. The Balaban J connectivity index is 1.15. The maximum absolute atomic E-state index is 13.3. The number of rotatable bonds is 4. The Morgan fingerprint density at radius 1 is 1.03 bits per heavy atom. The van der Waals surface area contributed by atoms with E-state index in [1.807, 2.05) is 0 Å². The number of thiophene rings is 1. The van der Waals surface area contributed by atoms with Crippen LogP contribution in [0.1, 0.15) is 22.9 Å². The second kappa shape index (κ2) is 8.77. The summed E-state index contributed by atoms with van der Waals surface area (Å²) in [5.41, 5.74) is 3.67. The van der Waals surface area contributed by atoms with Crippen LogP contribution in [0.25, 0.3) is 21.0 Å². The molecule has 0 N–H and O–H groups in total. The van der Waals surface area contributed by atoms with E-state index in [0.717, 1.165) is 48.0 Å². The van der Waals surface area contributed by atoms with Crippen LogP contribution >= 0.6 is 11.3 Å². The molecule has 2 aliphatic rings. The van der Waals surface area contributed by atoms with Gasteiger partial charge in [0.2, 0.25) is 5.91 Å². The molecule has 0 radical (unpaired) electrons. The van der Waals surface area contributed by atoms with Crippen molar-refractivity contribution in [2.24, 2.45) is 0 Å². The van der Waals surface area contributed by atoms with Gasteiger partial charge in [-0.25, -0.2) is 4.98 Å². The molecule has 7 nitrogen and oxygen atoms in total. The largest absolute Gasteiger partial charge is 0.368 e. The van der Waals surface area contributed by atoms with E-state index in [1.54, 1.807) is 34.1 Å². The molecule has 0 saturated carbocycles. The van der Waals surface area contributed by atoms with Gasteiger partial charge in [0.05, 0.1) is 18.3 Å². The Kier molecular flexibility index (Phi) is 5.57. The second-order valence-corrected chi connectivity index (χ2v) is 10.7. The minimum absolute atomic E-state index is 0.0166. The number of aromatic nitrogens is 2. The molecule has 0 aliphatic carbocycles. The highest BCUT2D eigenvalue weighted by molar-refractivity contribution is 7.18. The molecule has 2 aliphatic heterocycles. The predicted molar refractivity (Wildman–Crippen MR) is 141 cm³/mol. The average Bonchev–Trinajstić information content (AvgIpc) is 3.43. The lowest BCUT2D eigenvalue weighted by molar-refractivity contribution is -0.129. The zero-order valence-corrected chi connectivity index (χ0v) is 21.0. The third-order valence-corrected chi connectivity index (χ3v) is 8.56. The molecule has 6 rings (SSSR count). The molecule has 1 fully saturated rings. The Hall–Kier alpha value is -3.23. The lowest BCUT2D eigenvalue weighted by Gasteiger charge is -2.37. The number of piperazine rings is 1. The fraction of sp³-hybridized carbons (Fsp3) is 0.370. The van der Waals surface area contributed by atoms with Gasteiger partial charge in [-0.05, 0) is 17.9 Å². The first-order valence-corrected chi connectivity index (χ1v) is 13.0. The number of fused-ring (bicyclic) bond motifs is 4. The number of amides is 1. The van der Waals surface area contributed by atoms with Crippen LogP contribution < -0.4 is 10.5 Å². The van der Waals surface area contributed by atoms with Gasteiger partial charge in [0.25, 0.3) is 5.56 Å². The highest BCUT2D eigenvalue weighted by atomic mass is 32.1. The van der Waals surface area contributed by atoms with Gasteiger partial charge < -0.3 is 9.80 Å². The quantitative estimate of drug-likeness (QED) is 0.440. The highest BCUT2D eigenvalue weighted by Gasteiger charge is 2.28. The van der Waals surface area contributed by atoms with Gasteiger partial charge in [-0.2, -0.15) is 0 Å². The number of carbonyl (C=O) groups is 1. The van der Waals surface area contributed by atoms with Crippen molar-refractivity contribution < 1.29 is 4.79 Å². The van der Waals surface area contributed by atoms with Crippen molar-refractivity contribution in [2.45, 2.75) is 33.5 Å². The van der Waals surface area contributed by atoms with Crippen LogP contribution in [0.4, 0.5) is 5.69 Å². The van der Waals surface area contributed by atoms with Crippen molar-refractivity contribution in [3.63, 3.8) is 0 Å². The maximum atomic E-state index is 13.3. The molecule has 0 atom stereocenters. The summed E-state index contributed by atoms with van der Waals surface area (Å²) in [5.74, 6) is 0.0450. The van der Waals surface area contributed by atoms with Crippen molar-refractivity contribution in [1.29, 1.82) is 0 Å². The molecule has 4 aromatic rings. The number of anilines is 1. The zero-order valence-electron chi connectivity index (χ0n) is 20.2. The summed E-state index contributed by atoms with van der Waals surface area (Å²) in [6.07, 6.45) is 1.69. The predicted octanol–water partition coefficient (Wildman–Crippen LogP) is 3.60. The number of benzene rings is 2. The fourth-order valence-electron chi connectivity index (χ4n) is 5.45. The van der Waals surface area contributed by atoms with Crippen LogP contribution in [0.5, 0.6) is 0 Å². The van der Waals surface area contributed by atoms with Crippen molar-refractivity contribution in [3.8, 4) is 0 Å². The Bertz CT molecular complexity index is 1500. The fourth-order valence-corrected chi connectivity index (χ4v) is 6.61. The molecular weight excluding hydrogens is 458 g/mol. The van der Waals surface area contributed by atoms with Crippen LogP contribution in [0, 0.1) is 6.92 Å². The zero-order chi connectivity index (χ0) is 24.1. The third kappa shape index (κ3) is 3.90. The summed E-state index contributed by atoms with van der Waals surface area (Å²) in [4.78, 5) is 38.3. The van der Waals surface area contributed by atoms with E-state index in [1.165, 1.54) is 22.0 Å². The molecule has 1 saturated heterocycles. The van der Waals surface area contributed by atoms with Gasteiger partial charge in [-0.15, -0.1) is 11.3 Å². The molecular formula is C27H29N5O2S. The molecule has 1 amide bonds. The Morgan fingerprint density at radius 3 is 2.63 bits per heavy atom. The monoisotopic (exact) mass is 487 g/mol. The van der Waals surface area contributed by atoms with Crippen LogP contribution in [-0.2, 0) is 24.4 Å². The van der Waals surface area contributed by atoms with Crippen LogP contribution in [0.15, 0.2) is 47.5 Å².